The summed E-state index contributed by atoms with van der Waals surface area (Å²) in [4.78, 5) is 12.9. The number of thioether (sulfide) groups is 1. The Bertz CT molecular complexity index is 562. The lowest BCUT2D eigenvalue weighted by Crippen LogP contribution is -2.32. The Balaban J connectivity index is 1.99. The van der Waals surface area contributed by atoms with Crippen LogP contribution < -0.4 is 11.1 Å². The minimum absolute atomic E-state index is 0.276. The average molecular weight is 293 g/mol. The molecular formula is C14H13ClN2OS. The van der Waals surface area contributed by atoms with Crippen LogP contribution >= 0.6 is 23.4 Å². The van der Waals surface area contributed by atoms with Gasteiger partial charge in [-0.15, -0.1) is 0 Å². The predicted octanol–water partition coefficient (Wildman–Crippen LogP) is 3.36. The molecule has 0 saturated heterocycles. The SMILES string of the molecule is N[C@H](Sc1ccccc1)C(=O)Nc1ccccc1Cl. The van der Waals surface area contributed by atoms with Crippen molar-refractivity contribution in [1.82, 2.24) is 0 Å². The highest BCUT2D eigenvalue weighted by Gasteiger charge is 2.15. The average Bonchev–Trinajstić information content (AvgIpc) is 2.42. The molecule has 1 atom stereocenters. The van der Waals surface area contributed by atoms with Crippen LogP contribution in [0, 0.1) is 0 Å². The lowest BCUT2D eigenvalue weighted by molar-refractivity contribution is -0.115. The Kier molecular flexibility index (Phi) is 4.85. The molecule has 0 spiro atoms. The van der Waals surface area contributed by atoms with E-state index in [2.05, 4.69) is 5.32 Å². The molecule has 0 fully saturated rings. The van der Waals surface area contributed by atoms with Gasteiger partial charge in [-0.1, -0.05) is 53.7 Å². The molecule has 0 unspecified atom stereocenters. The summed E-state index contributed by atoms with van der Waals surface area (Å²) in [6.07, 6.45) is 0. The Labute approximate surface area is 121 Å². The molecule has 0 radical (unpaired) electrons. The predicted molar refractivity (Wildman–Crippen MR) is 80.4 cm³/mol. The van der Waals surface area contributed by atoms with Gasteiger partial charge >= 0.3 is 0 Å². The van der Waals surface area contributed by atoms with Gasteiger partial charge in [0.05, 0.1) is 10.7 Å². The molecule has 0 heterocycles. The molecule has 98 valence electrons. The van der Waals surface area contributed by atoms with E-state index in [-0.39, 0.29) is 5.91 Å². The van der Waals surface area contributed by atoms with E-state index in [1.807, 2.05) is 30.3 Å². The lowest BCUT2D eigenvalue weighted by atomic mass is 10.3. The first-order chi connectivity index (χ1) is 9.16. The van der Waals surface area contributed by atoms with Crippen molar-refractivity contribution in [1.29, 1.82) is 0 Å². The Morgan fingerprint density at radius 1 is 1.11 bits per heavy atom. The van der Waals surface area contributed by atoms with Gasteiger partial charge in [-0.05, 0) is 24.3 Å². The molecule has 3 nitrogen and oxygen atoms in total. The molecule has 0 saturated carbocycles. The molecule has 2 aromatic rings. The summed E-state index contributed by atoms with van der Waals surface area (Å²) in [5, 5.41) is 2.53. The number of anilines is 1. The van der Waals surface area contributed by atoms with Gasteiger partial charge < -0.3 is 11.1 Å². The van der Waals surface area contributed by atoms with Crippen LogP contribution in [0.15, 0.2) is 59.5 Å². The molecule has 0 aliphatic rings. The molecule has 2 aromatic carbocycles. The fraction of sp³-hybridized carbons (Fsp3) is 0.0714. The van der Waals surface area contributed by atoms with E-state index >= 15 is 0 Å². The van der Waals surface area contributed by atoms with E-state index in [1.165, 1.54) is 11.8 Å². The van der Waals surface area contributed by atoms with E-state index in [1.54, 1.807) is 24.3 Å². The van der Waals surface area contributed by atoms with Crippen LogP contribution in [0.1, 0.15) is 0 Å². The van der Waals surface area contributed by atoms with Crippen molar-refractivity contribution < 1.29 is 4.79 Å². The van der Waals surface area contributed by atoms with Gasteiger partial charge in [0.15, 0.2) is 0 Å². The summed E-state index contributed by atoms with van der Waals surface area (Å²) >= 11 is 7.27. The molecule has 1 amide bonds. The number of hydrogen-bond donors (Lipinski definition) is 2. The second kappa shape index (κ2) is 6.61. The first-order valence-electron chi connectivity index (χ1n) is 5.69. The fourth-order valence-electron chi connectivity index (χ4n) is 1.47. The van der Waals surface area contributed by atoms with E-state index in [9.17, 15) is 4.79 Å². The topological polar surface area (TPSA) is 55.1 Å². The minimum atomic E-state index is -0.682. The zero-order chi connectivity index (χ0) is 13.7. The second-order valence-electron chi connectivity index (χ2n) is 3.82. The Morgan fingerprint density at radius 3 is 2.42 bits per heavy atom. The molecular weight excluding hydrogens is 280 g/mol. The van der Waals surface area contributed by atoms with E-state index < -0.39 is 5.37 Å². The summed E-state index contributed by atoms with van der Waals surface area (Å²) in [5.41, 5.74) is 6.42. The van der Waals surface area contributed by atoms with Gasteiger partial charge in [-0.2, -0.15) is 0 Å². The monoisotopic (exact) mass is 292 g/mol. The number of nitrogens with two attached hydrogens (primary N) is 1. The quantitative estimate of drug-likeness (QED) is 0.671. The molecule has 0 aromatic heterocycles. The van der Waals surface area contributed by atoms with Gasteiger partial charge in [0.2, 0.25) is 0 Å². The maximum absolute atomic E-state index is 12.0. The number of carbonyl (C=O) groups is 1. The number of hydrogen-bond acceptors (Lipinski definition) is 3. The highest BCUT2D eigenvalue weighted by molar-refractivity contribution is 8.00. The molecule has 5 heteroatoms. The van der Waals surface area contributed by atoms with Crippen molar-refractivity contribution >= 4 is 35.0 Å². The molecule has 3 N–H and O–H groups in total. The minimum Gasteiger partial charge on any atom is -0.323 e. The van der Waals surface area contributed by atoms with E-state index in [4.69, 9.17) is 17.3 Å². The fourth-order valence-corrected chi connectivity index (χ4v) is 2.42. The summed E-state index contributed by atoms with van der Waals surface area (Å²) in [6.45, 7) is 0. The molecule has 0 bridgehead atoms. The van der Waals surface area contributed by atoms with Crippen LogP contribution in [0.25, 0.3) is 0 Å². The number of para-hydroxylation sites is 1. The number of nitrogens with one attached hydrogen (secondary N) is 1. The van der Waals surface area contributed by atoms with Crippen LogP contribution in [-0.2, 0) is 4.79 Å². The van der Waals surface area contributed by atoms with Gasteiger partial charge in [-0.3, -0.25) is 4.79 Å². The third-order valence-corrected chi connectivity index (χ3v) is 3.74. The highest BCUT2D eigenvalue weighted by Crippen LogP contribution is 2.24. The number of rotatable bonds is 4. The van der Waals surface area contributed by atoms with Crippen LogP contribution in [0.3, 0.4) is 0 Å². The maximum atomic E-state index is 12.0. The first-order valence-corrected chi connectivity index (χ1v) is 6.95. The van der Waals surface area contributed by atoms with Crippen molar-refractivity contribution in [2.24, 2.45) is 5.73 Å². The highest BCUT2D eigenvalue weighted by atomic mass is 35.5. The Morgan fingerprint density at radius 2 is 1.74 bits per heavy atom. The van der Waals surface area contributed by atoms with Gasteiger partial charge in [0, 0.05) is 4.90 Å². The van der Waals surface area contributed by atoms with Gasteiger partial charge in [0.1, 0.15) is 5.37 Å². The number of amides is 1. The zero-order valence-corrected chi connectivity index (χ0v) is 11.6. The molecule has 19 heavy (non-hydrogen) atoms. The summed E-state index contributed by atoms with van der Waals surface area (Å²) in [5.74, 6) is -0.276. The molecule has 2 rings (SSSR count). The van der Waals surface area contributed by atoms with Gasteiger partial charge in [0.25, 0.3) is 5.91 Å². The summed E-state index contributed by atoms with van der Waals surface area (Å²) in [6, 6.07) is 16.6. The molecule has 0 aliphatic heterocycles. The third-order valence-electron chi connectivity index (χ3n) is 2.40. The number of benzene rings is 2. The Hall–Kier alpha value is -1.49. The van der Waals surface area contributed by atoms with Crippen molar-refractivity contribution in [3.63, 3.8) is 0 Å². The molecule has 0 aliphatic carbocycles. The summed E-state index contributed by atoms with van der Waals surface area (Å²) < 4.78 is 0. The lowest BCUT2D eigenvalue weighted by Gasteiger charge is -2.12. The largest absolute Gasteiger partial charge is 0.323 e. The van der Waals surface area contributed by atoms with E-state index in [0.717, 1.165) is 4.90 Å². The zero-order valence-electron chi connectivity index (χ0n) is 10.0. The first kappa shape index (κ1) is 13.9. The van der Waals surface area contributed by atoms with Crippen molar-refractivity contribution in [2.75, 3.05) is 5.32 Å². The normalized spacial score (nSPS) is 11.9. The maximum Gasteiger partial charge on any atom is 0.252 e. The standard InChI is InChI=1S/C14H13ClN2OS/c15-11-8-4-5-9-12(11)17-14(18)13(16)19-10-6-2-1-3-7-10/h1-9,13H,16H2,(H,17,18)/t13-/m1/s1. The third kappa shape index (κ3) is 3.99. The van der Waals surface area contributed by atoms with Crippen molar-refractivity contribution in [2.45, 2.75) is 10.3 Å². The smallest absolute Gasteiger partial charge is 0.252 e. The van der Waals surface area contributed by atoms with Crippen LogP contribution in [0.4, 0.5) is 5.69 Å². The van der Waals surface area contributed by atoms with Crippen molar-refractivity contribution in [3.05, 3.63) is 59.6 Å². The van der Waals surface area contributed by atoms with Gasteiger partial charge in [-0.25, -0.2) is 0 Å². The van der Waals surface area contributed by atoms with Crippen LogP contribution in [-0.4, -0.2) is 11.3 Å². The number of halogens is 1. The second-order valence-corrected chi connectivity index (χ2v) is 5.44. The number of carbonyl (C=O) groups excluding carboxylic acids is 1. The van der Waals surface area contributed by atoms with Crippen LogP contribution in [0.5, 0.6) is 0 Å². The van der Waals surface area contributed by atoms with E-state index in [0.29, 0.717) is 10.7 Å². The summed E-state index contributed by atoms with van der Waals surface area (Å²) in [7, 11) is 0. The van der Waals surface area contributed by atoms with Crippen molar-refractivity contribution in [3.8, 4) is 0 Å². The van der Waals surface area contributed by atoms with Crippen LogP contribution in [0.2, 0.25) is 5.02 Å².